The zero-order valence-electron chi connectivity index (χ0n) is 22.3. The van der Waals surface area contributed by atoms with Gasteiger partial charge in [0.25, 0.3) is 5.91 Å². The van der Waals surface area contributed by atoms with E-state index in [2.05, 4.69) is 22.8 Å². The van der Waals surface area contributed by atoms with E-state index in [9.17, 15) is 14.4 Å². The fraction of sp³-hybridized carbons (Fsp3) is 0.355. The largest absolute Gasteiger partial charge is 0.422 e. The summed E-state index contributed by atoms with van der Waals surface area (Å²) in [6, 6.07) is 18.3. The molecule has 0 aromatic heterocycles. The van der Waals surface area contributed by atoms with Crippen molar-refractivity contribution in [1.82, 2.24) is 10.7 Å². The van der Waals surface area contributed by atoms with Crippen LogP contribution in [0.5, 0.6) is 5.75 Å². The minimum Gasteiger partial charge on any atom is -0.422 e. The fourth-order valence-electron chi connectivity index (χ4n) is 4.06. The summed E-state index contributed by atoms with van der Waals surface area (Å²) in [7, 11) is 0. The molecule has 0 aliphatic rings. The highest BCUT2D eigenvalue weighted by molar-refractivity contribution is 6.04. The van der Waals surface area contributed by atoms with E-state index >= 15 is 0 Å². The number of hydrogen-bond acceptors (Lipinski definition) is 5. The summed E-state index contributed by atoms with van der Waals surface area (Å²) in [6.45, 7) is 3.98. The quantitative estimate of drug-likeness (QED) is 0.0895. The number of ether oxygens (including phenoxy) is 1. The Labute approximate surface area is 224 Å². The lowest BCUT2D eigenvalue weighted by Crippen LogP contribution is -2.34. The molecule has 0 fully saturated rings. The van der Waals surface area contributed by atoms with Crippen molar-refractivity contribution in [3.8, 4) is 5.75 Å². The van der Waals surface area contributed by atoms with Gasteiger partial charge in [-0.1, -0.05) is 93.5 Å². The molecule has 7 heteroatoms. The Morgan fingerprint density at radius 2 is 1.55 bits per heavy atom. The van der Waals surface area contributed by atoms with Crippen LogP contribution in [0.3, 0.4) is 0 Å². The van der Waals surface area contributed by atoms with Gasteiger partial charge in [0.15, 0.2) is 0 Å². The van der Waals surface area contributed by atoms with Crippen molar-refractivity contribution < 1.29 is 19.1 Å². The normalized spacial score (nSPS) is 11.0. The van der Waals surface area contributed by atoms with Crippen molar-refractivity contribution in [3.63, 3.8) is 0 Å². The van der Waals surface area contributed by atoms with Gasteiger partial charge in [-0.05, 0) is 42.3 Å². The number of hydrazone groups is 1. The standard InChI is InChI=1S/C31H37N3O4/c1-3-4-5-6-7-8-9-14-29(35)32-22-30(36)34-33-21-27-26-13-11-10-12-24(26)19-20-28(27)38-31(37)25-17-15-23(2)16-18-25/h10-13,15-21H,3-9,14,22H2,1-2H3,(H,32,35)(H,34,36)/b33-21+. The van der Waals surface area contributed by atoms with Gasteiger partial charge < -0.3 is 10.1 Å². The van der Waals surface area contributed by atoms with Crippen LogP contribution in [-0.4, -0.2) is 30.5 Å². The Morgan fingerprint density at radius 1 is 0.842 bits per heavy atom. The molecule has 0 saturated carbocycles. The molecule has 0 aliphatic carbocycles. The number of nitrogens with one attached hydrogen (secondary N) is 2. The van der Waals surface area contributed by atoms with E-state index < -0.39 is 11.9 Å². The molecule has 0 spiro atoms. The maximum absolute atomic E-state index is 12.7. The Hall–Kier alpha value is -4.00. The second kappa shape index (κ2) is 15.3. The molecule has 7 nitrogen and oxygen atoms in total. The van der Waals surface area contributed by atoms with Crippen LogP contribution >= 0.6 is 0 Å². The molecule has 38 heavy (non-hydrogen) atoms. The number of amides is 2. The highest BCUT2D eigenvalue weighted by atomic mass is 16.5. The zero-order chi connectivity index (χ0) is 27.2. The van der Waals surface area contributed by atoms with Gasteiger partial charge in [-0.3, -0.25) is 9.59 Å². The van der Waals surface area contributed by atoms with Crippen LogP contribution in [-0.2, 0) is 9.59 Å². The molecular weight excluding hydrogens is 478 g/mol. The van der Waals surface area contributed by atoms with E-state index in [1.165, 1.54) is 31.9 Å². The summed E-state index contributed by atoms with van der Waals surface area (Å²) in [4.78, 5) is 37.0. The first-order valence-corrected chi connectivity index (χ1v) is 13.4. The van der Waals surface area contributed by atoms with Crippen LogP contribution in [0.2, 0.25) is 0 Å². The maximum atomic E-state index is 12.7. The zero-order valence-corrected chi connectivity index (χ0v) is 22.3. The highest BCUT2D eigenvalue weighted by Gasteiger charge is 2.14. The Bertz CT molecular complexity index is 1250. The molecule has 3 aromatic rings. The number of benzene rings is 3. The molecule has 0 unspecified atom stereocenters. The van der Waals surface area contributed by atoms with Crippen LogP contribution in [0.15, 0.2) is 65.8 Å². The number of fused-ring (bicyclic) bond motifs is 1. The Balaban J connectivity index is 1.55. The molecule has 200 valence electrons. The van der Waals surface area contributed by atoms with Gasteiger partial charge in [0.2, 0.25) is 5.91 Å². The van der Waals surface area contributed by atoms with Crippen molar-refractivity contribution in [3.05, 3.63) is 77.4 Å². The number of carbonyl (C=O) groups excluding carboxylic acids is 3. The van der Waals surface area contributed by atoms with Crippen molar-refractivity contribution in [1.29, 1.82) is 0 Å². The third-order valence-corrected chi connectivity index (χ3v) is 6.26. The molecule has 2 N–H and O–H groups in total. The Morgan fingerprint density at radius 3 is 2.32 bits per heavy atom. The third-order valence-electron chi connectivity index (χ3n) is 6.26. The molecular formula is C31H37N3O4. The van der Waals surface area contributed by atoms with Gasteiger partial charge in [0, 0.05) is 12.0 Å². The molecule has 3 aromatic carbocycles. The summed E-state index contributed by atoms with van der Waals surface area (Å²) < 4.78 is 5.69. The Kier molecular flexibility index (Phi) is 11.5. The van der Waals surface area contributed by atoms with Crippen molar-refractivity contribution in [2.45, 2.75) is 65.2 Å². The number of esters is 1. The summed E-state index contributed by atoms with van der Waals surface area (Å²) >= 11 is 0. The monoisotopic (exact) mass is 515 g/mol. The van der Waals surface area contributed by atoms with Crippen molar-refractivity contribution in [2.75, 3.05) is 6.54 Å². The first-order chi connectivity index (χ1) is 18.5. The summed E-state index contributed by atoms with van der Waals surface area (Å²) in [5.74, 6) is -0.734. The second-order valence-electron chi connectivity index (χ2n) is 9.40. The number of nitrogens with zero attached hydrogens (tertiary/aromatic N) is 1. The van der Waals surface area contributed by atoms with Crippen LogP contribution < -0.4 is 15.5 Å². The van der Waals surface area contributed by atoms with Gasteiger partial charge >= 0.3 is 5.97 Å². The predicted octanol–water partition coefficient (Wildman–Crippen LogP) is 6.07. The van der Waals surface area contributed by atoms with E-state index in [1.54, 1.807) is 18.2 Å². The second-order valence-corrected chi connectivity index (χ2v) is 9.40. The smallest absolute Gasteiger partial charge is 0.343 e. The van der Waals surface area contributed by atoms with Gasteiger partial charge in [-0.2, -0.15) is 5.10 Å². The molecule has 3 rings (SSSR count). The number of unbranched alkanes of at least 4 members (excludes halogenated alkanes) is 6. The summed E-state index contributed by atoms with van der Waals surface area (Å²) in [5.41, 5.74) is 4.49. The summed E-state index contributed by atoms with van der Waals surface area (Å²) in [5, 5.41) is 8.46. The first kappa shape index (κ1) is 28.6. The SMILES string of the molecule is CCCCCCCCCC(=O)NCC(=O)N/N=C/c1c(OC(=O)c2ccc(C)cc2)ccc2ccccc12. The van der Waals surface area contributed by atoms with Gasteiger partial charge in [-0.15, -0.1) is 0 Å². The molecule has 0 heterocycles. The summed E-state index contributed by atoms with van der Waals surface area (Å²) in [6.07, 6.45) is 9.79. The number of aryl methyl sites for hydroxylation is 1. The molecule has 0 bridgehead atoms. The van der Waals surface area contributed by atoms with E-state index in [0.717, 1.165) is 35.6 Å². The van der Waals surface area contributed by atoms with Crippen LogP contribution in [0.1, 0.15) is 79.8 Å². The molecule has 0 atom stereocenters. The molecule has 2 amide bonds. The van der Waals surface area contributed by atoms with E-state index in [1.807, 2.05) is 49.4 Å². The average Bonchev–Trinajstić information content (AvgIpc) is 2.92. The fourth-order valence-corrected chi connectivity index (χ4v) is 4.06. The highest BCUT2D eigenvalue weighted by Crippen LogP contribution is 2.27. The molecule has 0 aliphatic heterocycles. The van der Waals surface area contributed by atoms with Crippen molar-refractivity contribution in [2.24, 2.45) is 5.10 Å². The average molecular weight is 516 g/mol. The van der Waals surface area contributed by atoms with Crippen LogP contribution in [0.4, 0.5) is 0 Å². The topological polar surface area (TPSA) is 96.9 Å². The number of rotatable bonds is 14. The first-order valence-electron chi connectivity index (χ1n) is 13.4. The molecule has 0 radical (unpaired) electrons. The lowest BCUT2D eigenvalue weighted by Gasteiger charge is -2.11. The lowest BCUT2D eigenvalue weighted by atomic mass is 10.0. The number of carbonyl (C=O) groups is 3. The number of hydrogen-bond donors (Lipinski definition) is 2. The van der Waals surface area contributed by atoms with Crippen molar-refractivity contribution >= 4 is 34.8 Å². The maximum Gasteiger partial charge on any atom is 0.343 e. The minimum absolute atomic E-state index is 0.142. The molecule has 0 saturated heterocycles. The minimum atomic E-state index is -0.484. The predicted molar refractivity (Wildman–Crippen MR) is 151 cm³/mol. The van der Waals surface area contributed by atoms with E-state index in [0.29, 0.717) is 23.3 Å². The van der Waals surface area contributed by atoms with Crippen LogP contribution in [0.25, 0.3) is 10.8 Å². The van der Waals surface area contributed by atoms with E-state index in [4.69, 9.17) is 4.74 Å². The van der Waals surface area contributed by atoms with Gasteiger partial charge in [0.05, 0.1) is 18.3 Å². The van der Waals surface area contributed by atoms with Gasteiger partial charge in [0.1, 0.15) is 5.75 Å². The van der Waals surface area contributed by atoms with Crippen LogP contribution in [0, 0.1) is 6.92 Å². The van der Waals surface area contributed by atoms with Gasteiger partial charge in [-0.25, -0.2) is 10.2 Å². The van der Waals surface area contributed by atoms with E-state index in [-0.39, 0.29) is 12.5 Å². The third kappa shape index (κ3) is 9.14. The lowest BCUT2D eigenvalue weighted by molar-refractivity contribution is -0.126.